The van der Waals surface area contributed by atoms with Gasteiger partial charge in [0, 0.05) is 11.3 Å². The van der Waals surface area contributed by atoms with Gasteiger partial charge >= 0.3 is 0 Å². The number of sulfonamides is 1. The van der Waals surface area contributed by atoms with Gasteiger partial charge in [-0.2, -0.15) is 0 Å². The molecule has 3 rings (SSSR count). The van der Waals surface area contributed by atoms with Crippen LogP contribution in [0.5, 0.6) is 5.75 Å². The first-order valence-corrected chi connectivity index (χ1v) is 10.4. The summed E-state index contributed by atoms with van der Waals surface area (Å²) in [7, 11) is -3.46. The van der Waals surface area contributed by atoms with E-state index in [-0.39, 0.29) is 12.4 Å². The molecule has 1 N–H and O–H groups in total. The number of hydrogen-bond acceptors (Lipinski definition) is 4. The summed E-state index contributed by atoms with van der Waals surface area (Å²) in [6.45, 7) is 0.241. The molecule has 0 saturated carbocycles. The van der Waals surface area contributed by atoms with Crippen LogP contribution in [0.2, 0.25) is 0 Å². The van der Waals surface area contributed by atoms with Crippen molar-refractivity contribution in [3.8, 4) is 5.75 Å². The fourth-order valence-electron chi connectivity index (χ4n) is 2.48. The monoisotopic (exact) mass is 390 g/mol. The zero-order valence-corrected chi connectivity index (χ0v) is 15.6. The lowest BCUT2D eigenvalue weighted by molar-refractivity contribution is 0.303. The van der Waals surface area contributed by atoms with Gasteiger partial charge in [0.15, 0.2) is 0 Å². The smallest absolute Gasteiger partial charge is 0.232 e. The SMILES string of the molecule is O=S(=O)(CCCCl)Nc1ccccc1OCc1ccc2ccccc2n1. The normalized spacial score (nSPS) is 11.4. The molecule has 0 aliphatic heterocycles. The highest BCUT2D eigenvalue weighted by molar-refractivity contribution is 7.92. The molecule has 2 aromatic carbocycles. The topological polar surface area (TPSA) is 68.3 Å². The number of fused-ring (bicyclic) bond motifs is 1. The molecule has 26 heavy (non-hydrogen) atoms. The molecule has 0 atom stereocenters. The lowest BCUT2D eigenvalue weighted by atomic mass is 10.2. The maximum atomic E-state index is 12.1. The number of ether oxygens (including phenoxy) is 1. The highest BCUT2D eigenvalue weighted by atomic mass is 35.5. The number of benzene rings is 2. The molecule has 0 aliphatic rings. The van der Waals surface area contributed by atoms with E-state index < -0.39 is 10.0 Å². The Labute approximate surface area is 158 Å². The standard InChI is InChI=1S/C19H19ClN2O3S/c20-12-5-13-26(23,24)22-18-8-3-4-9-19(18)25-14-16-11-10-15-6-1-2-7-17(15)21-16/h1-4,6-11,22H,5,12-14H2. The van der Waals surface area contributed by atoms with Gasteiger partial charge in [-0.3, -0.25) is 4.72 Å². The number of anilines is 1. The highest BCUT2D eigenvalue weighted by Gasteiger charge is 2.13. The summed E-state index contributed by atoms with van der Waals surface area (Å²) in [5.74, 6) is 0.723. The van der Waals surface area contributed by atoms with Crippen molar-refractivity contribution in [3.63, 3.8) is 0 Å². The van der Waals surface area contributed by atoms with Crippen LogP contribution in [-0.2, 0) is 16.6 Å². The van der Waals surface area contributed by atoms with Crippen LogP contribution < -0.4 is 9.46 Å². The van der Waals surface area contributed by atoms with Crippen molar-refractivity contribution in [2.24, 2.45) is 0 Å². The predicted octanol–water partition coefficient (Wildman–Crippen LogP) is 4.18. The van der Waals surface area contributed by atoms with E-state index in [4.69, 9.17) is 16.3 Å². The van der Waals surface area contributed by atoms with E-state index in [0.717, 1.165) is 16.6 Å². The Balaban J connectivity index is 1.73. The average Bonchev–Trinajstić information content (AvgIpc) is 2.65. The highest BCUT2D eigenvalue weighted by Crippen LogP contribution is 2.26. The van der Waals surface area contributed by atoms with Gasteiger partial charge in [-0.15, -0.1) is 11.6 Å². The van der Waals surface area contributed by atoms with Gasteiger partial charge < -0.3 is 4.74 Å². The number of nitrogens with one attached hydrogen (secondary N) is 1. The number of rotatable bonds is 8. The molecular formula is C19H19ClN2O3S. The van der Waals surface area contributed by atoms with E-state index in [1.165, 1.54) is 0 Å². The van der Waals surface area contributed by atoms with Crippen molar-refractivity contribution in [2.45, 2.75) is 13.0 Å². The molecule has 7 heteroatoms. The second kappa shape index (κ2) is 8.38. The number of alkyl halides is 1. The van der Waals surface area contributed by atoms with E-state index >= 15 is 0 Å². The minimum atomic E-state index is -3.46. The molecule has 0 saturated heterocycles. The largest absolute Gasteiger partial charge is 0.485 e. The van der Waals surface area contributed by atoms with Crippen molar-refractivity contribution >= 4 is 38.2 Å². The number of pyridine rings is 1. The van der Waals surface area contributed by atoms with Gasteiger partial charge in [0.25, 0.3) is 0 Å². The Morgan fingerprint density at radius 3 is 2.62 bits per heavy atom. The van der Waals surface area contributed by atoms with Crippen LogP contribution in [0.25, 0.3) is 10.9 Å². The summed E-state index contributed by atoms with van der Waals surface area (Å²) in [5.41, 5.74) is 2.06. The summed E-state index contributed by atoms with van der Waals surface area (Å²) in [5, 5.41) is 1.06. The Morgan fingerprint density at radius 2 is 1.77 bits per heavy atom. The Kier molecular flexibility index (Phi) is 5.96. The molecule has 3 aromatic rings. The van der Waals surface area contributed by atoms with Crippen LogP contribution >= 0.6 is 11.6 Å². The van der Waals surface area contributed by atoms with Crippen LogP contribution in [0.1, 0.15) is 12.1 Å². The van der Waals surface area contributed by atoms with Crippen molar-refractivity contribution in [1.29, 1.82) is 0 Å². The maximum Gasteiger partial charge on any atom is 0.232 e. The first kappa shape index (κ1) is 18.5. The third-order valence-electron chi connectivity index (χ3n) is 3.73. The quantitative estimate of drug-likeness (QED) is 0.586. The zero-order chi connectivity index (χ0) is 18.4. The fourth-order valence-corrected chi connectivity index (χ4v) is 3.90. The molecule has 5 nitrogen and oxygen atoms in total. The van der Waals surface area contributed by atoms with Crippen LogP contribution in [0.4, 0.5) is 5.69 Å². The number of hydrogen-bond donors (Lipinski definition) is 1. The number of halogens is 1. The van der Waals surface area contributed by atoms with E-state index in [0.29, 0.717) is 23.7 Å². The number of nitrogens with zero attached hydrogens (tertiary/aromatic N) is 1. The van der Waals surface area contributed by atoms with Crippen molar-refractivity contribution in [3.05, 3.63) is 66.4 Å². The van der Waals surface area contributed by atoms with E-state index in [2.05, 4.69) is 9.71 Å². The van der Waals surface area contributed by atoms with Gasteiger partial charge in [-0.1, -0.05) is 36.4 Å². The Bertz CT molecular complexity index is 993. The molecule has 0 fully saturated rings. The minimum absolute atomic E-state index is 0.0307. The van der Waals surface area contributed by atoms with E-state index in [1.54, 1.807) is 24.3 Å². The molecule has 0 unspecified atom stereocenters. The molecular weight excluding hydrogens is 372 g/mol. The first-order valence-electron chi connectivity index (χ1n) is 8.20. The van der Waals surface area contributed by atoms with Crippen LogP contribution in [-0.4, -0.2) is 25.0 Å². The fraction of sp³-hybridized carbons (Fsp3) is 0.211. The number of para-hydroxylation sites is 3. The minimum Gasteiger partial charge on any atom is -0.485 e. The Morgan fingerprint density at radius 1 is 1.00 bits per heavy atom. The molecule has 0 aliphatic carbocycles. The molecule has 1 aromatic heterocycles. The summed E-state index contributed by atoms with van der Waals surface area (Å²) >= 11 is 5.58. The van der Waals surface area contributed by atoms with E-state index in [9.17, 15) is 8.42 Å². The molecule has 0 bridgehead atoms. The van der Waals surface area contributed by atoms with Crippen LogP contribution in [0, 0.1) is 0 Å². The zero-order valence-electron chi connectivity index (χ0n) is 14.1. The van der Waals surface area contributed by atoms with E-state index in [1.807, 2.05) is 36.4 Å². The lowest BCUT2D eigenvalue weighted by Crippen LogP contribution is -2.17. The Hall–Kier alpha value is -2.31. The van der Waals surface area contributed by atoms with Gasteiger partial charge in [-0.25, -0.2) is 13.4 Å². The summed E-state index contributed by atoms with van der Waals surface area (Å²) in [4.78, 5) is 4.56. The molecule has 136 valence electrons. The third kappa shape index (κ3) is 4.86. The van der Waals surface area contributed by atoms with Gasteiger partial charge in [0.05, 0.1) is 22.7 Å². The van der Waals surface area contributed by atoms with Gasteiger partial charge in [0.2, 0.25) is 10.0 Å². The third-order valence-corrected chi connectivity index (χ3v) is 5.36. The second-order valence-corrected chi connectivity index (χ2v) is 7.96. The molecule has 1 heterocycles. The molecule has 0 amide bonds. The summed E-state index contributed by atoms with van der Waals surface area (Å²) < 4.78 is 32.6. The first-order chi connectivity index (χ1) is 12.6. The van der Waals surface area contributed by atoms with Gasteiger partial charge in [0.1, 0.15) is 12.4 Å². The van der Waals surface area contributed by atoms with Gasteiger partial charge in [-0.05, 0) is 30.7 Å². The maximum absolute atomic E-state index is 12.1. The molecule has 0 spiro atoms. The number of aromatic nitrogens is 1. The average molecular weight is 391 g/mol. The lowest BCUT2D eigenvalue weighted by Gasteiger charge is -2.13. The summed E-state index contributed by atoms with van der Waals surface area (Å²) in [6, 6.07) is 18.7. The van der Waals surface area contributed by atoms with Crippen molar-refractivity contribution in [2.75, 3.05) is 16.4 Å². The van der Waals surface area contributed by atoms with Crippen molar-refractivity contribution < 1.29 is 13.2 Å². The van der Waals surface area contributed by atoms with Crippen LogP contribution in [0.3, 0.4) is 0 Å². The molecule has 0 radical (unpaired) electrons. The summed E-state index contributed by atoms with van der Waals surface area (Å²) in [6.07, 6.45) is 0.390. The predicted molar refractivity (Wildman–Crippen MR) is 105 cm³/mol. The second-order valence-electron chi connectivity index (χ2n) is 5.74. The van der Waals surface area contributed by atoms with Crippen molar-refractivity contribution in [1.82, 2.24) is 4.98 Å². The van der Waals surface area contributed by atoms with Crippen LogP contribution in [0.15, 0.2) is 60.7 Å².